The van der Waals surface area contributed by atoms with Gasteiger partial charge in [0.05, 0.1) is 12.2 Å². The molecule has 1 aromatic carbocycles. The molecule has 0 radical (unpaired) electrons. The number of rotatable bonds is 3. The summed E-state index contributed by atoms with van der Waals surface area (Å²) in [6.07, 6.45) is 1.64. The Balaban J connectivity index is 1.86. The van der Waals surface area contributed by atoms with E-state index in [0.29, 0.717) is 17.8 Å². The molecule has 108 valence electrons. The number of nitrogens with zero attached hydrogens (tertiary/aromatic N) is 2. The predicted octanol–water partition coefficient (Wildman–Crippen LogP) is 2.02. The van der Waals surface area contributed by atoms with Crippen LogP contribution in [-0.2, 0) is 16.6 Å². The van der Waals surface area contributed by atoms with Gasteiger partial charge in [-0.2, -0.15) is 0 Å². The normalized spacial score (nSPS) is 15.4. The van der Waals surface area contributed by atoms with Crippen molar-refractivity contribution in [1.82, 2.24) is 9.71 Å². The molecule has 21 heavy (non-hydrogen) atoms. The second-order valence-corrected chi connectivity index (χ2v) is 6.50. The average molecular weight is 301 g/mol. The smallest absolute Gasteiger partial charge is 0.258 e. The lowest BCUT2D eigenvalue weighted by molar-refractivity contribution is 0.579. The quantitative estimate of drug-likeness (QED) is 0.942. The maximum absolute atomic E-state index is 12.5. The monoisotopic (exact) mass is 301 g/mol. The van der Waals surface area contributed by atoms with Gasteiger partial charge in [0.25, 0.3) is 10.0 Å². The number of sulfonamides is 1. The molecule has 2 aromatic rings. The molecule has 6 heteroatoms. The third-order valence-corrected chi connectivity index (χ3v) is 4.90. The average Bonchev–Trinajstić information content (AvgIpc) is 2.92. The molecular weight excluding hydrogens is 286 g/mol. The summed E-state index contributed by atoms with van der Waals surface area (Å²) in [5.41, 5.74) is 2.20. The second kappa shape index (κ2) is 5.38. The summed E-state index contributed by atoms with van der Waals surface area (Å²) in [5, 5.41) is 0.0772. The molecule has 5 nitrogen and oxygen atoms in total. The number of hydrogen-bond donors (Lipinski definition) is 1. The molecule has 1 aromatic heterocycles. The van der Waals surface area contributed by atoms with Crippen molar-refractivity contribution in [3.8, 4) is 0 Å². The number of hydrogen-bond acceptors (Lipinski definition) is 4. The van der Waals surface area contributed by atoms with Crippen molar-refractivity contribution in [1.29, 1.82) is 0 Å². The van der Waals surface area contributed by atoms with E-state index in [-0.39, 0.29) is 11.1 Å². The van der Waals surface area contributed by atoms with E-state index >= 15 is 0 Å². The highest BCUT2D eigenvalue weighted by Gasteiger charge is 2.29. The molecule has 1 atom stereocenters. The Morgan fingerprint density at radius 2 is 1.90 bits per heavy atom. The number of nitrogens with one attached hydrogen (secondary N) is 1. The number of fused-ring (bicyclic) bond motifs is 1. The first-order valence-corrected chi connectivity index (χ1v) is 8.12. The SMILES string of the molecule is C[C@@H](NS(=O)(=O)C1=NCc2ncccc21)c1ccccc1. The van der Waals surface area contributed by atoms with Gasteiger partial charge in [0.1, 0.15) is 0 Å². The lowest BCUT2D eigenvalue weighted by atomic mass is 10.1. The van der Waals surface area contributed by atoms with Crippen LogP contribution in [0.1, 0.15) is 29.8 Å². The van der Waals surface area contributed by atoms with Gasteiger partial charge in [-0.15, -0.1) is 0 Å². The first kappa shape index (κ1) is 13.9. The van der Waals surface area contributed by atoms with E-state index in [0.717, 1.165) is 5.56 Å². The van der Waals surface area contributed by atoms with Crippen LogP contribution in [0.15, 0.2) is 53.7 Å². The van der Waals surface area contributed by atoms with Gasteiger partial charge in [-0.3, -0.25) is 9.98 Å². The summed E-state index contributed by atoms with van der Waals surface area (Å²) in [7, 11) is -3.66. The molecule has 1 N–H and O–H groups in total. The van der Waals surface area contributed by atoms with Crippen LogP contribution in [0.5, 0.6) is 0 Å². The molecule has 0 spiro atoms. The highest BCUT2D eigenvalue weighted by atomic mass is 32.2. The predicted molar refractivity (Wildman–Crippen MR) is 81.4 cm³/mol. The van der Waals surface area contributed by atoms with Crippen LogP contribution in [-0.4, -0.2) is 18.4 Å². The van der Waals surface area contributed by atoms with Crippen molar-refractivity contribution in [2.24, 2.45) is 4.99 Å². The van der Waals surface area contributed by atoms with Gasteiger partial charge in [-0.1, -0.05) is 30.3 Å². The largest absolute Gasteiger partial charge is 0.265 e. The molecule has 0 unspecified atom stereocenters. The summed E-state index contributed by atoms with van der Waals surface area (Å²) >= 11 is 0. The zero-order valence-corrected chi connectivity index (χ0v) is 12.3. The molecule has 0 fully saturated rings. The fourth-order valence-corrected chi connectivity index (χ4v) is 3.74. The topological polar surface area (TPSA) is 71.4 Å². The van der Waals surface area contributed by atoms with E-state index < -0.39 is 10.0 Å². The minimum absolute atomic E-state index is 0.0772. The summed E-state index contributed by atoms with van der Waals surface area (Å²) in [6.45, 7) is 2.12. The van der Waals surface area contributed by atoms with E-state index in [4.69, 9.17) is 0 Å². The maximum atomic E-state index is 12.5. The van der Waals surface area contributed by atoms with Crippen molar-refractivity contribution in [3.05, 3.63) is 65.5 Å². The Morgan fingerprint density at radius 1 is 1.14 bits per heavy atom. The molecule has 3 rings (SSSR count). The zero-order chi connectivity index (χ0) is 14.9. The van der Waals surface area contributed by atoms with Crippen molar-refractivity contribution in [2.75, 3.05) is 0 Å². The standard InChI is InChI=1S/C15H15N3O2S/c1-11(12-6-3-2-4-7-12)18-21(19,20)15-13-8-5-9-16-14(13)10-17-15/h2-9,11,18H,10H2,1H3/t11-/m1/s1. The van der Waals surface area contributed by atoms with Crippen LogP contribution in [0.25, 0.3) is 0 Å². The van der Waals surface area contributed by atoms with E-state index in [1.807, 2.05) is 37.3 Å². The summed E-state index contributed by atoms with van der Waals surface area (Å²) in [5.74, 6) is 0. The first-order valence-electron chi connectivity index (χ1n) is 6.64. The molecule has 1 aliphatic heterocycles. The molecule has 1 aliphatic rings. The fraction of sp³-hybridized carbons (Fsp3) is 0.200. The lowest BCUT2D eigenvalue weighted by Gasteiger charge is -2.14. The van der Waals surface area contributed by atoms with Crippen molar-refractivity contribution in [3.63, 3.8) is 0 Å². The van der Waals surface area contributed by atoms with Crippen LogP contribution >= 0.6 is 0 Å². The van der Waals surface area contributed by atoms with Gasteiger partial charge in [0, 0.05) is 17.8 Å². The number of aromatic nitrogens is 1. The Kier molecular flexibility index (Phi) is 3.57. The van der Waals surface area contributed by atoms with Crippen LogP contribution in [0.2, 0.25) is 0 Å². The Bertz CT molecular complexity index is 786. The minimum atomic E-state index is -3.66. The minimum Gasteiger partial charge on any atom is -0.265 e. The van der Waals surface area contributed by atoms with Crippen molar-refractivity contribution >= 4 is 15.1 Å². The molecule has 0 saturated carbocycles. The van der Waals surface area contributed by atoms with Gasteiger partial charge in [0.2, 0.25) is 0 Å². The molecule has 0 aliphatic carbocycles. The van der Waals surface area contributed by atoms with Gasteiger partial charge < -0.3 is 0 Å². The Morgan fingerprint density at radius 3 is 2.67 bits per heavy atom. The van der Waals surface area contributed by atoms with E-state index in [1.54, 1.807) is 18.3 Å². The second-order valence-electron chi connectivity index (χ2n) is 4.87. The van der Waals surface area contributed by atoms with Crippen LogP contribution in [0.3, 0.4) is 0 Å². The number of pyridine rings is 1. The summed E-state index contributed by atoms with van der Waals surface area (Å²) < 4.78 is 27.7. The third-order valence-electron chi connectivity index (χ3n) is 3.38. The van der Waals surface area contributed by atoms with Crippen LogP contribution in [0, 0.1) is 0 Å². The van der Waals surface area contributed by atoms with Gasteiger partial charge in [0.15, 0.2) is 5.04 Å². The van der Waals surface area contributed by atoms with Crippen LogP contribution < -0.4 is 4.72 Å². The van der Waals surface area contributed by atoms with Crippen LogP contribution in [0.4, 0.5) is 0 Å². The number of aliphatic imine (C=N–C) groups is 1. The van der Waals surface area contributed by atoms with Gasteiger partial charge >= 0.3 is 0 Å². The molecular formula is C15H15N3O2S. The zero-order valence-electron chi connectivity index (χ0n) is 11.5. The Labute approximate surface area is 123 Å². The highest BCUT2D eigenvalue weighted by Crippen LogP contribution is 2.21. The fourth-order valence-electron chi connectivity index (χ4n) is 2.32. The van der Waals surface area contributed by atoms with E-state index in [1.165, 1.54) is 0 Å². The first-order chi connectivity index (χ1) is 10.1. The summed E-state index contributed by atoms with van der Waals surface area (Å²) in [6, 6.07) is 12.6. The van der Waals surface area contributed by atoms with E-state index in [2.05, 4.69) is 14.7 Å². The highest BCUT2D eigenvalue weighted by molar-refractivity contribution is 8.05. The van der Waals surface area contributed by atoms with Crippen molar-refractivity contribution < 1.29 is 8.42 Å². The van der Waals surface area contributed by atoms with E-state index in [9.17, 15) is 8.42 Å². The Hall–Kier alpha value is -2.05. The molecule has 2 heterocycles. The molecule has 0 bridgehead atoms. The van der Waals surface area contributed by atoms with Gasteiger partial charge in [-0.25, -0.2) is 13.1 Å². The summed E-state index contributed by atoms with van der Waals surface area (Å²) in [4.78, 5) is 8.28. The van der Waals surface area contributed by atoms with Crippen molar-refractivity contribution in [2.45, 2.75) is 19.5 Å². The third kappa shape index (κ3) is 2.72. The molecule has 0 saturated heterocycles. The number of benzene rings is 1. The van der Waals surface area contributed by atoms with Gasteiger partial charge in [-0.05, 0) is 24.6 Å². The maximum Gasteiger partial charge on any atom is 0.258 e. The molecule has 0 amide bonds. The lowest BCUT2D eigenvalue weighted by Crippen LogP contribution is -2.33.